The zero-order chi connectivity index (χ0) is 10.1. The second-order valence-electron chi connectivity index (χ2n) is 3.31. The molecule has 0 radical (unpaired) electrons. The summed E-state index contributed by atoms with van der Waals surface area (Å²) in [6.45, 7) is 5.44. The summed E-state index contributed by atoms with van der Waals surface area (Å²) in [7, 11) is 0. The Labute approximate surface area is 86.0 Å². The maximum atomic E-state index is 10.8. The molecule has 0 aliphatic rings. The van der Waals surface area contributed by atoms with Crippen LogP contribution in [0.15, 0.2) is 15.7 Å². The summed E-state index contributed by atoms with van der Waals surface area (Å²) < 4.78 is 0.350. The molecule has 0 aliphatic carbocycles. The number of aliphatic carboxylic acids is 1. The quantitative estimate of drug-likeness (QED) is 0.789. The standard InChI is InChI=1S/C9H12O2S2/c1-6-4-5-12-7(6)13-9(2,3)8(10)11/h4-5H,1-3H3,(H,10,11). The Morgan fingerprint density at radius 1 is 1.62 bits per heavy atom. The van der Waals surface area contributed by atoms with E-state index in [2.05, 4.69) is 0 Å². The molecule has 2 nitrogen and oxygen atoms in total. The lowest BCUT2D eigenvalue weighted by molar-refractivity contribution is -0.138. The van der Waals surface area contributed by atoms with Crippen molar-refractivity contribution in [3.63, 3.8) is 0 Å². The Morgan fingerprint density at radius 3 is 2.62 bits per heavy atom. The molecule has 0 amide bonds. The van der Waals surface area contributed by atoms with Crippen LogP contribution in [0.4, 0.5) is 0 Å². The van der Waals surface area contributed by atoms with Crippen LogP contribution in [0, 0.1) is 6.92 Å². The van der Waals surface area contributed by atoms with E-state index in [9.17, 15) is 4.79 Å². The molecule has 0 unspecified atom stereocenters. The Balaban J connectivity index is 2.80. The minimum Gasteiger partial charge on any atom is -0.480 e. The second kappa shape index (κ2) is 3.72. The van der Waals surface area contributed by atoms with Crippen molar-refractivity contribution in [2.75, 3.05) is 0 Å². The minimum absolute atomic E-state index is 0.740. The van der Waals surface area contributed by atoms with E-state index in [1.807, 2.05) is 18.4 Å². The Bertz CT molecular complexity index is 315. The summed E-state index contributed by atoms with van der Waals surface area (Å²) in [4.78, 5) is 10.8. The van der Waals surface area contributed by atoms with Gasteiger partial charge in [0.25, 0.3) is 0 Å². The van der Waals surface area contributed by atoms with Gasteiger partial charge in [0, 0.05) is 0 Å². The van der Waals surface area contributed by atoms with Gasteiger partial charge in [-0.25, -0.2) is 0 Å². The lowest BCUT2D eigenvalue weighted by atomic mass is 10.2. The topological polar surface area (TPSA) is 37.3 Å². The molecule has 1 aromatic rings. The lowest BCUT2D eigenvalue weighted by Gasteiger charge is -2.17. The molecular formula is C9H12O2S2. The third kappa shape index (κ3) is 2.48. The molecular weight excluding hydrogens is 204 g/mol. The average Bonchev–Trinajstić information content (AvgIpc) is 2.35. The highest BCUT2D eigenvalue weighted by Crippen LogP contribution is 2.37. The monoisotopic (exact) mass is 216 g/mol. The predicted octanol–water partition coefficient (Wildman–Crippen LogP) is 3.01. The number of thiophene rings is 1. The van der Waals surface area contributed by atoms with Gasteiger partial charge < -0.3 is 5.11 Å². The van der Waals surface area contributed by atoms with E-state index in [0.717, 1.165) is 9.77 Å². The van der Waals surface area contributed by atoms with Gasteiger partial charge in [-0.3, -0.25) is 4.79 Å². The molecule has 0 spiro atoms. The Kier molecular flexibility index (Phi) is 3.03. The van der Waals surface area contributed by atoms with Crippen molar-refractivity contribution in [2.45, 2.75) is 29.7 Å². The van der Waals surface area contributed by atoms with Crippen LogP contribution in [0.5, 0.6) is 0 Å². The molecule has 13 heavy (non-hydrogen) atoms. The van der Waals surface area contributed by atoms with Crippen LogP contribution in [0.25, 0.3) is 0 Å². The van der Waals surface area contributed by atoms with E-state index >= 15 is 0 Å². The van der Waals surface area contributed by atoms with Crippen molar-refractivity contribution < 1.29 is 9.90 Å². The van der Waals surface area contributed by atoms with E-state index in [4.69, 9.17) is 5.11 Å². The summed E-state index contributed by atoms with van der Waals surface area (Å²) >= 11 is 3.00. The smallest absolute Gasteiger partial charge is 0.319 e. The van der Waals surface area contributed by atoms with Gasteiger partial charge in [-0.05, 0) is 37.8 Å². The van der Waals surface area contributed by atoms with Crippen LogP contribution >= 0.6 is 23.1 Å². The van der Waals surface area contributed by atoms with Crippen molar-refractivity contribution in [3.8, 4) is 0 Å². The van der Waals surface area contributed by atoms with E-state index in [1.54, 1.807) is 25.2 Å². The number of thioether (sulfide) groups is 1. The highest BCUT2D eigenvalue weighted by molar-refractivity contribution is 8.03. The highest BCUT2D eigenvalue weighted by Gasteiger charge is 2.29. The molecule has 1 heterocycles. The van der Waals surface area contributed by atoms with Crippen LogP contribution in [-0.4, -0.2) is 15.8 Å². The first-order valence-electron chi connectivity index (χ1n) is 3.90. The molecule has 0 bridgehead atoms. The molecule has 0 aliphatic heterocycles. The van der Waals surface area contributed by atoms with Crippen LogP contribution in [0.2, 0.25) is 0 Å². The number of hydrogen-bond donors (Lipinski definition) is 1. The van der Waals surface area contributed by atoms with Crippen molar-refractivity contribution in [1.29, 1.82) is 0 Å². The normalized spacial score (nSPS) is 11.6. The molecule has 1 aromatic heterocycles. The van der Waals surface area contributed by atoms with Crippen molar-refractivity contribution in [1.82, 2.24) is 0 Å². The van der Waals surface area contributed by atoms with Gasteiger partial charge in [0.15, 0.2) is 0 Å². The fourth-order valence-electron chi connectivity index (χ4n) is 0.739. The molecule has 0 saturated heterocycles. The van der Waals surface area contributed by atoms with Gasteiger partial charge in [0.05, 0.1) is 4.21 Å². The summed E-state index contributed by atoms with van der Waals surface area (Å²) in [5, 5.41) is 10.9. The van der Waals surface area contributed by atoms with Gasteiger partial charge >= 0.3 is 5.97 Å². The molecule has 0 fully saturated rings. The number of rotatable bonds is 3. The molecule has 0 aromatic carbocycles. The van der Waals surface area contributed by atoms with Gasteiger partial charge in [-0.2, -0.15) is 0 Å². The lowest BCUT2D eigenvalue weighted by Crippen LogP contribution is -2.26. The number of carboxylic acid groups (broad SMARTS) is 1. The summed E-state index contributed by atoms with van der Waals surface area (Å²) in [5.74, 6) is -0.773. The van der Waals surface area contributed by atoms with Gasteiger partial charge in [-0.1, -0.05) is 11.8 Å². The first-order chi connectivity index (χ1) is 5.93. The SMILES string of the molecule is Cc1ccsc1SC(C)(C)C(=O)O. The molecule has 1 rings (SSSR count). The largest absolute Gasteiger partial charge is 0.480 e. The first-order valence-corrected chi connectivity index (χ1v) is 5.59. The van der Waals surface area contributed by atoms with Gasteiger partial charge in [0.2, 0.25) is 0 Å². The third-order valence-corrected chi connectivity index (χ3v) is 4.22. The minimum atomic E-state index is -0.773. The van der Waals surface area contributed by atoms with Crippen molar-refractivity contribution in [3.05, 3.63) is 17.0 Å². The van der Waals surface area contributed by atoms with Crippen LogP contribution in [0.3, 0.4) is 0 Å². The van der Waals surface area contributed by atoms with Crippen molar-refractivity contribution in [2.24, 2.45) is 0 Å². The Morgan fingerprint density at radius 2 is 2.23 bits per heavy atom. The number of aryl methyl sites for hydroxylation is 1. The number of carboxylic acids is 1. The molecule has 0 saturated carbocycles. The van der Waals surface area contributed by atoms with E-state index in [0.29, 0.717) is 0 Å². The predicted molar refractivity (Wildman–Crippen MR) is 56.6 cm³/mol. The molecule has 4 heteroatoms. The van der Waals surface area contributed by atoms with E-state index in [-0.39, 0.29) is 0 Å². The zero-order valence-corrected chi connectivity index (χ0v) is 9.46. The highest BCUT2D eigenvalue weighted by atomic mass is 32.2. The average molecular weight is 216 g/mol. The maximum absolute atomic E-state index is 10.8. The van der Waals surface area contributed by atoms with Crippen LogP contribution in [0.1, 0.15) is 19.4 Å². The second-order valence-corrected chi connectivity index (χ2v) is 6.12. The van der Waals surface area contributed by atoms with Crippen molar-refractivity contribution >= 4 is 29.1 Å². The third-order valence-electron chi connectivity index (χ3n) is 1.68. The fourth-order valence-corrected chi connectivity index (χ4v) is 3.15. The van der Waals surface area contributed by atoms with E-state index < -0.39 is 10.7 Å². The van der Waals surface area contributed by atoms with Gasteiger partial charge in [-0.15, -0.1) is 11.3 Å². The van der Waals surface area contributed by atoms with Crippen LogP contribution in [-0.2, 0) is 4.79 Å². The number of carbonyl (C=O) groups is 1. The molecule has 1 N–H and O–H groups in total. The summed E-state index contributed by atoms with van der Waals surface area (Å²) in [6.07, 6.45) is 0. The number of hydrogen-bond acceptors (Lipinski definition) is 3. The summed E-state index contributed by atoms with van der Waals surface area (Å²) in [6, 6.07) is 2.00. The van der Waals surface area contributed by atoms with Crippen LogP contribution < -0.4 is 0 Å². The molecule has 0 atom stereocenters. The first kappa shape index (κ1) is 10.6. The van der Waals surface area contributed by atoms with Gasteiger partial charge in [0.1, 0.15) is 4.75 Å². The summed E-state index contributed by atoms with van der Waals surface area (Å²) in [5.41, 5.74) is 1.16. The fraction of sp³-hybridized carbons (Fsp3) is 0.444. The maximum Gasteiger partial charge on any atom is 0.319 e. The zero-order valence-electron chi connectivity index (χ0n) is 7.83. The van der Waals surface area contributed by atoms with E-state index in [1.165, 1.54) is 11.8 Å². The molecule has 72 valence electrons. The Hall–Kier alpha value is -0.480.